The van der Waals surface area contributed by atoms with Crippen molar-refractivity contribution in [3.63, 3.8) is 0 Å². The number of carbonyl (C=O) groups excluding carboxylic acids is 2. The first kappa shape index (κ1) is 18.3. The first-order valence-corrected chi connectivity index (χ1v) is 8.92. The van der Waals surface area contributed by atoms with Gasteiger partial charge in [0, 0.05) is 36.9 Å². The van der Waals surface area contributed by atoms with Crippen LogP contribution in [0.5, 0.6) is 0 Å². The lowest BCUT2D eigenvalue weighted by atomic mass is 10.2. The van der Waals surface area contributed by atoms with E-state index in [2.05, 4.69) is 25.3 Å². The summed E-state index contributed by atoms with van der Waals surface area (Å²) in [6.07, 6.45) is 6.71. The van der Waals surface area contributed by atoms with Crippen LogP contribution >= 0.6 is 0 Å². The maximum absolute atomic E-state index is 12.3. The highest BCUT2D eigenvalue weighted by molar-refractivity contribution is 5.95. The monoisotopic (exact) mass is 387 g/mol. The van der Waals surface area contributed by atoms with Gasteiger partial charge in [-0.2, -0.15) is 0 Å². The number of aromatic amines is 1. The molecule has 0 aliphatic carbocycles. The normalized spacial score (nSPS) is 10.6. The smallest absolute Gasteiger partial charge is 0.338 e. The van der Waals surface area contributed by atoms with Crippen molar-refractivity contribution in [2.45, 2.75) is 6.54 Å². The Morgan fingerprint density at radius 1 is 1.03 bits per heavy atom. The highest BCUT2D eigenvalue weighted by Crippen LogP contribution is 2.20. The van der Waals surface area contributed by atoms with Crippen LogP contribution in [-0.4, -0.2) is 38.4 Å². The van der Waals surface area contributed by atoms with E-state index in [1.807, 2.05) is 18.2 Å². The van der Waals surface area contributed by atoms with Gasteiger partial charge in [-0.1, -0.05) is 6.07 Å². The summed E-state index contributed by atoms with van der Waals surface area (Å²) >= 11 is 0. The minimum absolute atomic E-state index is 0.321. The van der Waals surface area contributed by atoms with Gasteiger partial charge in [0.25, 0.3) is 5.91 Å². The molecule has 0 radical (unpaired) electrons. The van der Waals surface area contributed by atoms with E-state index in [-0.39, 0.29) is 12.5 Å². The Labute approximate surface area is 166 Å². The fraction of sp³-hybridized carbons (Fsp3) is 0.0952. The van der Waals surface area contributed by atoms with Crippen LogP contribution in [0, 0.1) is 0 Å². The van der Waals surface area contributed by atoms with Crippen LogP contribution in [0.2, 0.25) is 0 Å². The van der Waals surface area contributed by atoms with E-state index in [4.69, 9.17) is 4.74 Å². The van der Waals surface area contributed by atoms with Gasteiger partial charge in [-0.25, -0.2) is 9.78 Å². The molecule has 29 heavy (non-hydrogen) atoms. The van der Waals surface area contributed by atoms with Crippen LogP contribution in [0.1, 0.15) is 15.9 Å². The first-order valence-electron chi connectivity index (χ1n) is 8.92. The number of nitrogens with one attached hydrogen (secondary N) is 2. The summed E-state index contributed by atoms with van der Waals surface area (Å²) in [6.45, 7) is -0.0392. The SMILES string of the molecule is O=C(COC(=O)c1ccc2nc(-c3cccnc3)[nH]c2c1)NCc1cccnc1. The second kappa shape index (κ2) is 8.30. The Hall–Kier alpha value is -4.07. The fourth-order valence-corrected chi connectivity index (χ4v) is 2.74. The lowest BCUT2D eigenvalue weighted by Gasteiger charge is -2.06. The molecule has 3 aromatic heterocycles. The molecule has 3 heterocycles. The minimum atomic E-state index is -0.582. The van der Waals surface area contributed by atoms with E-state index in [9.17, 15) is 9.59 Å². The molecule has 0 saturated heterocycles. The molecule has 4 rings (SSSR count). The lowest BCUT2D eigenvalue weighted by Crippen LogP contribution is -2.28. The van der Waals surface area contributed by atoms with Gasteiger partial charge in [0.1, 0.15) is 5.82 Å². The number of nitrogens with zero attached hydrogens (tertiary/aromatic N) is 3. The van der Waals surface area contributed by atoms with Crippen molar-refractivity contribution in [1.29, 1.82) is 0 Å². The Kier molecular flexibility index (Phi) is 5.24. The topological polar surface area (TPSA) is 110 Å². The molecular formula is C21H17N5O3. The van der Waals surface area contributed by atoms with Gasteiger partial charge in [0.2, 0.25) is 0 Å². The molecule has 0 bridgehead atoms. The molecule has 0 aliphatic heterocycles. The van der Waals surface area contributed by atoms with Crippen molar-refractivity contribution >= 4 is 22.9 Å². The first-order chi connectivity index (χ1) is 14.2. The average Bonchev–Trinajstić information content (AvgIpc) is 3.21. The van der Waals surface area contributed by atoms with Crippen molar-refractivity contribution in [2.75, 3.05) is 6.61 Å². The summed E-state index contributed by atoms with van der Waals surface area (Å²) in [7, 11) is 0. The molecule has 0 aliphatic rings. The average molecular weight is 387 g/mol. The summed E-state index contributed by atoms with van der Waals surface area (Å²) < 4.78 is 5.11. The lowest BCUT2D eigenvalue weighted by molar-refractivity contribution is -0.124. The Balaban J connectivity index is 1.37. The van der Waals surface area contributed by atoms with Crippen molar-refractivity contribution in [3.05, 3.63) is 78.4 Å². The standard InChI is InChI=1S/C21H17N5O3/c27-19(24-11-14-3-1-7-22-10-14)13-29-21(28)15-5-6-17-18(9-15)26-20(25-17)16-4-2-8-23-12-16/h1-10,12H,11,13H2,(H,24,27)(H,25,26). The van der Waals surface area contributed by atoms with E-state index in [1.54, 1.807) is 49.1 Å². The van der Waals surface area contributed by atoms with Gasteiger partial charge < -0.3 is 15.0 Å². The maximum atomic E-state index is 12.3. The number of H-pyrrole nitrogens is 1. The second-order valence-corrected chi connectivity index (χ2v) is 6.27. The number of imidazole rings is 1. The quantitative estimate of drug-likeness (QED) is 0.492. The Morgan fingerprint density at radius 3 is 2.62 bits per heavy atom. The third-order valence-corrected chi connectivity index (χ3v) is 4.20. The highest BCUT2D eigenvalue weighted by Gasteiger charge is 2.13. The van der Waals surface area contributed by atoms with Gasteiger partial charge in [0.05, 0.1) is 16.6 Å². The Morgan fingerprint density at radius 2 is 1.86 bits per heavy atom. The zero-order chi connectivity index (χ0) is 20.1. The van der Waals surface area contributed by atoms with E-state index in [0.717, 1.165) is 16.6 Å². The molecule has 8 nitrogen and oxygen atoms in total. The minimum Gasteiger partial charge on any atom is -0.452 e. The van der Waals surface area contributed by atoms with E-state index >= 15 is 0 Å². The molecule has 0 fully saturated rings. The third-order valence-electron chi connectivity index (χ3n) is 4.20. The van der Waals surface area contributed by atoms with E-state index < -0.39 is 5.97 Å². The van der Waals surface area contributed by atoms with Crippen LogP contribution in [-0.2, 0) is 16.1 Å². The zero-order valence-corrected chi connectivity index (χ0v) is 15.3. The number of ether oxygens (including phenoxy) is 1. The van der Waals surface area contributed by atoms with Gasteiger partial charge in [-0.05, 0) is 42.0 Å². The van der Waals surface area contributed by atoms with E-state index in [0.29, 0.717) is 23.4 Å². The van der Waals surface area contributed by atoms with Crippen molar-refractivity contribution < 1.29 is 14.3 Å². The van der Waals surface area contributed by atoms with Crippen LogP contribution in [0.15, 0.2) is 67.3 Å². The second-order valence-electron chi connectivity index (χ2n) is 6.27. The summed E-state index contributed by atoms with van der Waals surface area (Å²) in [4.78, 5) is 39.9. The van der Waals surface area contributed by atoms with Gasteiger partial charge >= 0.3 is 5.97 Å². The number of benzene rings is 1. The van der Waals surface area contributed by atoms with Crippen molar-refractivity contribution in [3.8, 4) is 11.4 Å². The number of carbonyl (C=O) groups is 2. The molecule has 0 atom stereocenters. The molecule has 4 aromatic rings. The molecule has 8 heteroatoms. The predicted molar refractivity (Wildman–Crippen MR) is 106 cm³/mol. The van der Waals surface area contributed by atoms with Crippen molar-refractivity contribution in [2.24, 2.45) is 0 Å². The molecule has 2 N–H and O–H groups in total. The van der Waals surface area contributed by atoms with Crippen LogP contribution < -0.4 is 5.32 Å². The molecular weight excluding hydrogens is 370 g/mol. The fourth-order valence-electron chi connectivity index (χ4n) is 2.74. The van der Waals surface area contributed by atoms with Crippen LogP contribution in [0.3, 0.4) is 0 Å². The number of fused-ring (bicyclic) bond motifs is 1. The zero-order valence-electron chi connectivity index (χ0n) is 15.3. The molecule has 0 unspecified atom stereocenters. The van der Waals surface area contributed by atoms with Crippen molar-refractivity contribution in [1.82, 2.24) is 25.3 Å². The van der Waals surface area contributed by atoms with Gasteiger partial charge in [-0.15, -0.1) is 0 Å². The van der Waals surface area contributed by atoms with Crippen LogP contribution in [0.4, 0.5) is 0 Å². The summed E-state index contributed by atoms with van der Waals surface area (Å²) in [5, 5.41) is 2.68. The molecule has 1 aromatic carbocycles. The Bertz CT molecular complexity index is 1140. The van der Waals surface area contributed by atoms with Gasteiger partial charge in [-0.3, -0.25) is 14.8 Å². The van der Waals surface area contributed by atoms with Gasteiger partial charge in [0.15, 0.2) is 6.61 Å². The molecule has 0 spiro atoms. The number of amides is 1. The largest absolute Gasteiger partial charge is 0.452 e. The number of hydrogen-bond donors (Lipinski definition) is 2. The third kappa shape index (κ3) is 4.44. The summed E-state index contributed by atoms with van der Waals surface area (Å²) in [6, 6.07) is 12.3. The molecule has 1 amide bonds. The summed E-state index contributed by atoms with van der Waals surface area (Å²) in [5.74, 6) is -0.307. The summed E-state index contributed by atoms with van der Waals surface area (Å²) in [5.41, 5.74) is 3.45. The highest BCUT2D eigenvalue weighted by atomic mass is 16.5. The molecule has 144 valence electrons. The molecule has 0 saturated carbocycles. The number of esters is 1. The number of pyridine rings is 2. The number of hydrogen-bond acceptors (Lipinski definition) is 6. The number of aromatic nitrogens is 4. The van der Waals surface area contributed by atoms with Crippen LogP contribution in [0.25, 0.3) is 22.4 Å². The predicted octanol–water partition coefficient (Wildman–Crippen LogP) is 2.49. The number of rotatable bonds is 6. The van der Waals surface area contributed by atoms with E-state index in [1.165, 1.54) is 0 Å². The maximum Gasteiger partial charge on any atom is 0.338 e.